The van der Waals surface area contributed by atoms with Crippen LogP contribution in [0.2, 0.25) is 0 Å². The topological polar surface area (TPSA) is 56.1 Å². The van der Waals surface area contributed by atoms with E-state index in [4.69, 9.17) is 5.26 Å². The van der Waals surface area contributed by atoms with Gasteiger partial charge in [-0.25, -0.2) is 0 Å². The Morgan fingerprint density at radius 1 is 1.53 bits per heavy atom. The molecule has 17 heavy (non-hydrogen) atoms. The molecule has 1 aliphatic rings. The quantitative estimate of drug-likeness (QED) is 0.789. The summed E-state index contributed by atoms with van der Waals surface area (Å²) in [5.74, 6) is -0.106. The van der Waals surface area contributed by atoms with E-state index in [1.807, 2.05) is 13.8 Å². The number of carbonyl (C=O) groups excluding carboxylic acids is 1. The average molecular weight is 237 g/mol. The minimum atomic E-state index is -0.836. The van der Waals surface area contributed by atoms with Crippen LogP contribution in [-0.2, 0) is 4.79 Å². The van der Waals surface area contributed by atoms with Crippen molar-refractivity contribution in [1.29, 1.82) is 5.26 Å². The summed E-state index contributed by atoms with van der Waals surface area (Å²) in [6, 6.07) is 2.61. The number of likely N-dealkylation sites (N-methyl/N-ethyl adjacent to an activating group) is 1. The van der Waals surface area contributed by atoms with Gasteiger partial charge in [0.2, 0.25) is 5.91 Å². The number of carbonyl (C=O) groups is 1. The van der Waals surface area contributed by atoms with E-state index in [-0.39, 0.29) is 5.91 Å². The molecular weight excluding hydrogens is 214 g/mol. The third-order valence-corrected chi connectivity index (χ3v) is 4.03. The smallest absolute Gasteiger partial charge is 0.240 e. The predicted molar refractivity (Wildman–Crippen MR) is 67.3 cm³/mol. The van der Waals surface area contributed by atoms with Crippen LogP contribution < -0.4 is 5.32 Å². The van der Waals surface area contributed by atoms with Crippen LogP contribution in [0.4, 0.5) is 0 Å². The van der Waals surface area contributed by atoms with E-state index < -0.39 is 5.41 Å². The molecule has 0 bridgehead atoms. The highest BCUT2D eigenvalue weighted by Crippen LogP contribution is 2.25. The molecule has 0 saturated carbocycles. The Morgan fingerprint density at radius 2 is 2.18 bits per heavy atom. The third kappa shape index (κ3) is 2.98. The van der Waals surface area contributed by atoms with Crippen LogP contribution in [0, 0.1) is 16.7 Å². The van der Waals surface area contributed by atoms with Gasteiger partial charge in [0.05, 0.1) is 6.07 Å². The standard InChI is InChI=1S/C13H23N3O/c1-4-13(5-2,10-14)12(17)15-9-11-7-6-8-16(11)3/h11H,4-9H2,1-3H3,(H,15,17). The molecule has 0 radical (unpaired) electrons. The van der Waals surface area contributed by atoms with Gasteiger partial charge < -0.3 is 10.2 Å². The lowest BCUT2D eigenvalue weighted by Gasteiger charge is -2.25. The van der Waals surface area contributed by atoms with Gasteiger partial charge in [-0.3, -0.25) is 4.79 Å². The van der Waals surface area contributed by atoms with Gasteiger partial charge in [0.15, 0.2) is 0 Å². The van der Waals surface area contributed by atoms with Crippen LogP contribution in [0.25, 0.3) is 0 Å². The van der Waals surface area contributed by atoms with Gasteiger partial charge in [0, 0.05) is 12.6 Å². The van der Waals surface area contributed by atoms with Gasteiger partial charge >= 0.3 is 0 Å². The van der Waals surface area contributed by atoms with E-state index in [0.717, 1.165) is 13.0 Å². The monoisotopic (exact) mass is 237 g/mol. The molecular formula is C13H23N3O. The first kappa shape index (κ1) is 14.0. The maximum Gasteiger partial charge on any atom is 0.240 e. The molecule has 0 spiro atoms. The number of nitriles is 1. The molecule has 1 amide bonds. The van der Waals surface area contributed by atoms with Gasteiger partial charge in [-0.05, 0) is 39.3 Å². The van der Waals surface area contributed by atoms with Crippen molar-refractivity contribution in [3.63, 3.8) is 0 Å². The summed E-state index contributed by atoms with van der Waals surface area (Å²) in [5.41, 5.74) is -0.836. The van der Waals surface area contributed by atoms with Crippen molar-refractivity contribution in [2.45, 2.75) is 45.6 Å². The van der Waals surface area contributed by atoms with Crippen LogP contribution in [-0.4, -0.2) is 37.0 Å². The first-order valence-corrected chi connectivity index (χ1v) is 6.49. The number of hydrogen-bond acceptors (Lipinski definition) is 3. The molecule has 1 atom stereocenters. The van der Waals surface area contributed by atoms with Crippen LogP contribution in [0.15, 0.2) is 0 Å². The molecule has 1 unspecified atom stereocenters. The lowest BCUT2D eigenvalue weighted by Crippen LogP contribution is -2.44. The minimum Gasteiger partial charge on any atom is -0.353 e. The summed E-state index contributed by atoms with van der Waals surface area (Å²) < 4.78 is 0. The molecule has 0 aromatic heterocycles. The molecule has 4 nitrogen and oxygen atoms in total. The molecule has 1 aliphatic heterocycles. The number of nitrogens with zero attached hydrogens (tertiary/aromatic N) is 2. The average Bonchev–Trinajstić information content (AvgIpc) is 2.75. The lowest BCUT2D eigenvalue weighted by molar-refractivity contribution is -0.128. The maximum atomic E-state index is 12.1. The Hall–Kier alpha value is -1.08. The first-order valence-electron chi connectivity index (χ1n) is 6.49. The van der Waals surface area contributed by atoms with E-state index >= 15 is 0 Å². The summed E-state index contributed by atoms with van der Waals surface area (Å²) in [6.07, 6.45) is 3.48. The van der Waals surface area contributed by atoms with Gasteiger partial charge in [0.1, 0.15) is 5.41 Å². The number of rotatable bonds is 5. The zero-order valence-corrected chi connectivity index (χ0v) is 11.1. The highest BCUT2D eigenvalue weighted by Gasteiger charge is 2.35. The Bertz CT molecular complexity index is 304. The van der Waals surface area contributed by atoms with Crippen molar-refractivity contribution < 1.29 is 4.79 Å². The van der Waals surface area contributed by atoms with Crippen molar-refractivity contribution in [1.82, 2.24) is 10.2 Å². The van der Waals surface area contributed by atoms with Crippen molar-refractivity contribution in [2.75, 3.05) is 20.1 Å². The second kappa shape index (κ2) is 6.02. The highest BCUT2D eigenvalue weighted by molar-refractivity contribution is 5.85. The maximum absolute atomic E-state index is 12.1. The predicted octanol–water partition coefficient (Wildman–Crippen LogP) is 1.53. The lowest BCUT2D eigenvalue weighted by atomic mass is 9.83. The zero-order valence-electron chi connectivity index (χ0n) is 11.1. The zero-order chi connectivity index (χ0) is 12.9. The van der Waals surface area contributed by atoms with E-state index in [1.54, 1.807) is 0 Å². The normalized spacial score (nSPS) is 21.2. The summed E-state index contributed by atoms with van der Waals surface area (Å²) in [7, 11) is 2.08. The molecule has 0 aromatic carbocycles. The van der Waals surface area contributed by atoms with Crippen LogP contribution in [0.3, 0.4) is 0 Å². The van der Waals surface area contributed by atoms with Crippen molar-refractivity contribution in [3.8, 4) is 6.07 Å². The number of hydrogen-bond donors (Lipinski definition) is 1. The second-order valence-corrected chi connectivity index (χ2v) is 4.89. The molecule has 1 saturated heterocycles. The van der Waals surface area contributed by atoms with E-state index in [0.29, 0.717) is 25.4 Å². The Morgan fingerprint density at radius 3 is 2.59 bits per heavy atom. The molecule has 0 aromatic rings. The summed E-state index contributed by atoms with van der Waals surface area (Å²) in [4.78, 5) is 14.3. The third-order valence-electron chi connectivity index (χ3n) is 4.03. The van der Waals surface area contributed by atoms with Crippen molar-refractivity contribution >= 4 is 5.91 Å². The SMILES string of the molecule is CCC(C#N)(CC)C(=O)NCC1CCCN1C. The Labute approximate surface area is 104 Å². The van der Waals surface area contributed by atoms with Gasteiger partial charge in [-0.1, -0.05) is 13.8 Å². The summed E-state index contributed by atoms with van der Waals surface area (Å²) in [5, 5.41) is 12.1. The Balaban J connectivity index is 2.51. The summed E-state index contributed by atoms with van der Waals surface area (Å²) >= 11 is 0. The fraction of sp³-hybridized carbons (Fsp3) is 0.846. The van der Waals surface area contributed by atoms with Crippen LogP contribution in [0.1, 0.15) is 39.5 Å². The van der Waals surface area contributed by atoms with E-state index in [1.165, 1.54) is 6.42 Å². The highest BCUT2D eigenvalue weighted by atomic mass is 16.2. The minimum absolute atomic E-state index is 0.106. The molecule has 1 rings (SSSR count). The largest absolute Gasteiger partial charge is 0.353 e. The Kier molecular flexibility index (Phi) is 4.95. The molecule has 1 fully saturated rings. The van der Waals surface area contributed by atoms with Crippen molar-refractivity contribution in [3.05, 3.63) is 0 Å². The van der Waals surface area contributed by atoms with Gasteiger partial charge in [0.25, 0.3) is 0 Å². The molecule has 4 heteroatoms. The van der Waals surface area contributed by atoms with Crippen LogP contribution >= 0.6 is 0 Å². The molecule has 1 N–H and O–H groups in total. The fourth-order valence-corrected chi connectivity index (χ4v) is 2.40. The van der Waals surface area contributed by atoms with E-state index in [2.05, 4.69) is 23.3 Å². The number of amides is 1. The second-order valence-electron chi connectivity index (χ2n) is 4.89. The summed E-state index contributed by atoms with van der Waals surface area (Å²) in [6.45, 7) is 5.56. The van der Waals surface area contributed by atoms with Crippen molar-refractivity contribution in [2.24, 2.45) is 5.41 Å². The van der Waals surface area contributed by atoms with Gasteiger partial charge in [-0.2, -0.15) is 5.26 Å². The fourth-order valence-electron chi connectivity index (χ4n) is 2.40. The van der Waals surface area contributed by atoms with Crippen LogP contribution in [0.5, 0.6) is 0 Å². The number of likely N-dealkylation sites (tertiary alicyclic amines) is 1. The van der Waals surface area contributed by atoms with E-state index in [9.17, 15) is 4.79 Å². The number of nitrogens with one attached hydrogen (secondary N) is 1. The molecule has 0 aliphatic carbocycles. The molecule has 1 heterocycles. The molecule has 96 valence electrons. The first-order chi connectivity index (χ1) is 8.09. The van der Waals surface area contributed by atoms with Gasteiger partial charge in [-0.15, -0.1) is 0 Å².